The first kappa shape index (κ1) is 17.7. The monoisotopic (exact) mass is 359 g/mol. The smallest absolute Gasteiger partial charge is 0.197 e. The van der Waals surface area contributed by atoms with Crippen LogP contribution >= 0.6 is 0 Å². The Labute approximate surface area is 160 Å². The Morgan fingerprint density at radius 2 is 1.81 bits per heavy atom. The Balaban J connectivity index is 1.48. The largest absolute Gasteiger partial charge is 0.306 e. The molecule has 0 bridgehead atoms. The third kappa shape index (κ3) is 3.88. The lowest BCUT2D eigenvalue weighted by molar-refractivity contribution is 0.561. The molecule has 0 fully saturated rings. The van der Waals surface area contributed by atoms with Gasteiger partial charge in [0.1, 0.15) is 0 Å². The molecule has 1 N–H and O–H groups in total. The van der Waals surface area contributed by atoms with E-state index in [-0.39, 0.29) is 6.04 Å². The summed E-state index contributed by atoms with van der Waals surface area (Å²) in [7, 11) is 0. The molecule has 1 atom stereocenters. The van der Waals surface area contributed by atoms with Crippen LogP contribution in [0.2, 0.25) is 0 Å². The van der Waals surface area contributed by atoms with Gasteiger partial charge in [-0.1, -0.05) is 18.2 Å². The van der Waals surface area contributed by atoms with Gasteiger partial charge in [0.15, 0.2) is 11.6 Å². The minimum absolute atomic E-state index is 0.176. The quantitative estimate of drug-likeness (QED) is 0.747. The lowest BCUT2D eigenvalue weighted by Crippen LogP contribution is -2.21. The van der Waals surface area contributed by atoms with Gasteiger partial charge < -0.3 is 5.32 Å². The van der Waals surface area contributed by atoms with Crippen molar-refractivity contribution >= 4 is 0 Å². The number of nitrogens with one attached hydrogen (secondary N) is 1. The highest BCUT2D eigenvalue weighted by Crippen LogP contribution is 2.25. The van der Waals surface area contributed by atoms with Crippen LogP contribution in [-0.4, -0.2) is 19.9 Å². The molecular weight excluding hydrogens is 334 g/mol. The molecule has 27 heavy (non-hydrogen) atoms. The minimum Gasteiger partial charge on any atom is -0.306 e. The number of fused-ring (bicyclic) bond motifs is 1. The summed E-state index contributed by atoms with van der Waals surface area (Å²) in [5.41, 5.74) is 6.57. The maximum atomic E-state index is 4.61. The van der Waals surface area contributed by atoms with Gasteiger partial charge in [-0.2, -0.15) is 0 Å². The van der Waals surface area contributed by atoms with Crippen molar-refractivity contribution in [3.05, 3.63) is 70.8 Å². The van der Waals surface area contributed by atoms with Crippen molar-refractivity contribution in [3.63, 3.8) is 0 Å². The van der Waals surface area contributed by atoms with Gasteiger partial charge in [-0.25, -0.2) is 19.9 Å². The Kier molecular flexibility index (Phi) is 5.21. The Morgan fingerprint density at radius 1 is 1.00 bits per heavy atom. The molecule has 5 heteroatoms. The van der Waals surface area contributed by atoms with Crippen molar-refractivity contribution in [1.82, 2.24) is 25.3 Å². The van der Waals surface area contributed by atoms with Crippen molar-refractivity contribution in [2.24, 2.45) is 0 Å². The fourth-order valence-corrected chi connectivity index (χ4v) is 3.82. The summed E-state index contributed by atoms with van der Waals surface area (Å²) in [6.45, 7) is 5.05. The molecule has 5 nitrogen and oxygen atoms in total. The van der Waals surface area contributed by atoms with Crippen molar-refractivity contribution in [2.45, 2.75) is 52.1 Å². The number of hydrogen-bond acceptors (Lipinski definition) is 5. The third-order valence-corrected chi connectivity index (χ3v) is 5.34. The molecule has 0 radical (unpaired) electrons. The van der Waals surface area contributed by atoms with Gasteiger partial charge in [0.25, 0.3) is 0 Å². The van der Waals surface area contributed by atoms with Crippen LogP contribution in [0.3, 0.4) is 0 Å². The lowest BCUT2D eigenvalue weighted by Gasteiger charge is -2.21. The number of aryl methyl sites for hydroxylation is 2. The molecular formula is C22H25N5. The van der Waals surface area contributed by atoms with Crippen LogP contribution in [-0.2, 0) is 19.4 Å². The number of benzene rings is 1. The lowest BCUT2D eigenvalue weighted by atomic mass is 9.88. The zero-order valence-corrected chi connectivity index (χ0v) is 15.9. The van der Waals surface area contributed by atoms with Crippen LogP contribution in [0.15, 0.2) is 42.9 Å². The molecule has 0 spiro atoms. The number of nitrogens with zero attached hydrogens (tertiary/aromatic N) is 4. The van der Waals surface area contributed by atoms with Gasteiger partial charge >= 0.3 is 0 Å². The van der Waals surface area contributed by atoms with Crippen molar-refractivity contribution in [3.8, 4) is 11.6 Å². The van der Waals surface area contributed by atoms with Gasteiger partial charge in [-0.05, 0) is 62.3 Å². The first-order chi connectivity index (χ1) is 13.2. The maximum absolute atomic E-state index is 4.61. The highest BCUT2D eigenvalue weighted by atomic mass is 15.0. The van der Waals surface area contributed by atoms with Crippen molar-refractivity contribution in [1.29, 1.82) is 0 Å². The standard InChI is InChI=1S/C22H25N5/c1-15(25-13-18-9-5-8-17-7-3-4-10-19(17)18)20-14-26-22(27-16(20)2)21-23-11-6-12-24-21/h5-6,8-9,11-12,14-15,25H,3-4,7,10,13H2,1-2H3. The second-order valence-corrected chi connectivity index (χ2v) is 7.17. The first-order valence-electron chi connectivity index (χ1n) is 9.66. The third-order valence-electron chi connectivity index (χ3n) is 5.34. The van der Waals surface area contributed by atoms with E-state index in [0.29, 0.717) is 11.6 Å². The first-order valence-corrected chi connectivity index (χ1v) is 9.66. The number of aromatic nitrogens is 4. The van der Waals surface area contributed by atoms with Gasteiger partial charge in [-0.3, -0.25) is 0 Å². The fourth-order valence-electron chi connectivity index (χ4n) is 3.82. The summed E-state index contributed by atoms with van der Waals surface area (Å²) < 4.78 is 0. The van der Waals surface area contributed by atoms with Crippen LogP contribution in [0, 0.1) is 6.92 Å². The summed E-state index contributed by atoms with van der Waals surface area (Å²) in [4.78, 5) is 17.6. The van der Waals surface area contributed by atoms with Crippen LogP contribution in [0.25, 0.3) is 11.6 Å². The Morgan fingerprint density at radius 3 is 2.63 bits per heavy atom. The van der Waals surface area contributed by atoms with Gasteiger partial charge in [0, 0.05) is 42.4 Å². The van der Waals surface area contributed by atoms with Crippen molar-refractivity contribution in [2.75, 3.05) is 0 Å². The topological polar surface area (TPSA) is 63.6 Å². The molecule has 0 saturated carbocycles. The molecule has 1 unspecified atom stereocenters. The summed E-state index contributed by atoms with van der Waals surface area (Å²) in [5, 5.41) is 3.65. The predicted octanol–water partition coefficient (Wildman–Crippen LogP) is 3.97. The zero-order chi connectivity index (χ0) is 18.6. The molecule has 138 valence electrons. The average molecular weight is 359 g/mol. The second-order valence-electron chi connectivity index (χ2n) is 7.17. The Hall–Kier alpha value is -2.66. The molecule has 2 heterocycles. The zero-order valence-electron chi connectivity index (χ0n) is 15.9. The Bertz CT molecular complexity index is 923. The highest BCUT2D eigenvalue weighted by molar-refractivity contribution is 5.43. The molecule has 0 amide bonds. The molecule has 1 aromatic carbocycles. The van der Waals surface area contributed by atoms with E-state index in [2.05, 4.69) is 50.4 Å². The summed E-state index contributed by atoms with van der Waals surface area (Å²) >= 11 is 0. The predicted molar refractivity (Wildman–Crippen MR) is 106 cm³/mol. The average Bonchev–Trinajstić information content (AvgIpc) is 2.72. The van der Waals surface area contributed by atoms with E-state index >= 15 is 0 Å². The van der Waals surface area contributed by atoms with E-state index in [9.17, 15) is 0 Å². The SMILES string of the molecule is Cc1nc(-c2ncccn2)ncc1C(C)NCc1cccc2c1CCCC2. The summed E-state index contributed by atoms with van der Waals surface area (Å²) in [6, 6.07) is 8.69. The van der Waals surface area contributed by atoms with Crippen LogP contribution in [0.4, 0.5) is 0 Å². The van der Waals surface area contributed by atoms with Gasteiger partial charge in [0.05, 0.1) is 0 Å². The molecule has 3 aromatic rings. The van der Waals surface area contributed by atoms with E-state index in [1.165, 1.54) is 36.8 Å². The molecule has 0 saturated heterocycles. The van der Waals surface area contributed by atoms with Crippen LogP contribution < -0.4 is 5.32 Å². The second kappa shape index (κ2) is 7.92. The minimum atomic E-state index is 0.176. The number of hydrogen-bond donors (Lipinski definition) is 1. The number of rotatable bonds is 5. The van der Waals surface area contributed by atoms with E-state index in [1.54, 1.807) is 24.0 Å². The van der Waals surface area contributed by atoms with Crippen LogP contribution in [0.1, 0.15) is 53.8 Å². The summed E-state index contributed by atoms with van der Waals surface area (Å²) in [6.07, 6.45) is 10.3. The van der Waals surface area contributed by atoms with Crippen molar-refractivity contribution < 1.29 is 0 Å². The van der Waals surface area contributed by atoms with Gasteiger partial charge in [0.2, 0.25) is 0 Å². The maximum Gasteiger partial charge on any atom is 0.197 e. The normalized spacial score (nSPS) is 14.6. The van der Waals surface area contributed by atoms with E-state index in [0.717, 1.165) is 17.8 Å². The molecule has 2 aromatic heterocycles. The highest BCUT2D eigenvalue weighted by Gasteiger charge is 2.15. The molecule has 0 aliphatic heterocycles. The molecule has 4 rings (SSSR count). The van der Waals surface area contributed by atoms with E-state index in [4.69, 9.17) is 0 Å². The molecule has 1 aliphatic carbocycles. The van der Waals surface area contributed by atoms with E-state index in [1.807, 2.05) is 13.1 Å². The summed E-state index contributed by atoms with van der Waals surface area (Å²) in [5.74, 6) is 1.13. The fraction of sp³-hybridized carbons (Fsp3) is 0.364. The van der Waals surface area contributed by atoms with E-state index < -0.39 is 0 Å². The molecule has 1 aliphatic rings. The van der Waals surface area contributed by atoms with Crippen LogP contribution in [0.5, 0.6) is 0 Å². The van der Waals surface area contributed by atoms with Gasteiger partial charge in [-0.15, -0.1) is 0 Å².